The number of aliphatic hydroxyl groups excluding tert-OH is 1. The molecule has 9 nitrogen and oxygen atoms in total. The van der Waals surface area contributed by atoms with E-state index in [0.29, 0.717) is 43.1 Å². The first-order valence-electron chi connectivity index (χ1n) is 16.1. The summed E-state index contributed by atoms with van der Waals surface area (Å²) in [6.07, 6.45) is 9.47. The third kappa shape index (κ3) is 8.20. The van der Waals surface area contributed by atoms with Crippen molar-refractivity contribution in [2.45, 2.75) is 59.1 Å². The molecule has 4 rings (SSSR count). The van der Waals surface area contributed by atoms with Gasteiger partial charge in [0.1, 0.15) is 0 Å². The van der Waals surface area contributed by atoms with Gasteiger partial charge >= 0.3 is 0 Å². The van der Waals surface area contributed by atoms with Crippen molar-refractivity contribution in [3.8, 4) is 0 Å². The van der Waals surface area contributed by atoms with Crippen molar-refractivity contribution in [3.05, 3.63) is 95.1 Å². The summed E-state index contributed by atoms with van der Waals surface area (Å²) in [4.78, 5) is 44.8. The molecule has 246 valence electrons. The number of fused-ring (bicyclic) bond motifs is 1. The van der Waals surface area contributed by atoms with Gasteiger partial charge in [0.2, 0.25) is 11.8 Å². The highest BCUT2D eigenvalue weighted by molar-refractivity contribution is 6.08. The first-order valence-corrected chi connectivity index (χ1v) is 16.1. The number of allylic oxidation sites excluding steroid dienone is 3. The summed E-state index contributed by atoms with van der Waals surface area (Å²) >= 11 is 0. The second kappa shape index (κ2) is 16.0. The lowest BCUT2D eigenvalue weighted by Gasteiger charge is -2.30. The van der Waals surface area contributed by atoms with Crippen LogP contribution in [0.25, 0.3) is 0 Å². The van der Waals surface area contributed by atoms with Crippen LogP contribution in [0, 0.1) is 5.92 Å². The zero-order valence-corrected chi connectivity index (χ0v) is 27.5. The molecular formula is C37H48N4O5. The second-order valence-corrected chi connectivity index (χ2v) is 12.4. The Kier molecular flexibility index (Phi) is 12.1. The van der Waals surface area contributed by atoms with Crippen LogP contribution >= 0.6 is 0 Å². The molecule has 0 bridgehead atoms. The van der Waals surface area contributed by atoms with Crippen LogP contribution in [0.2, 0.25) is 0 Å². The van der Waals surface area contributed by atoms with Gasteiger partial charge in [-0.3, -0.25) is 14.4 Å². The summed E-state index contributed by atoms with van der Waals surface area (Å²) in [6.45, 7) is 10.1. The Hall–Kier alpha value is -4.05. The predicted molar refractivity (Wildman–Crippen MR) is 182 cm³/mol. The Balaban J connectivity index is 1.58. The lowest BCUT2D eigenvalue weighted by molar-refractivity contribution is -0.139. The van der Waals surface area contributed by atoms with Gasteiger partial charge in [-0.25, -0.2) is 0 Å². The van der Waals surface area contributed by atoms with Crippen LogP contribution < -0.4 is 15.1 Å². The van der Waals surface area contributed by atoms with Crippen LogP contribution in [0.3, 0.4) is 0 Å². The fourth-order valence-electron chi connectivity index (χ4n) is 5.96. The molecule has 2 aliphatic heterocycles. The van der Waals surface area contributed by atoms with Gasteiger partial charge in [-0.1, -0.05) is 72.7 Å². The number of nitrogens with zero attached hydrogens (tertiary/aromatic N) is 3. The van der Waals surface area contributed by atoms with Crippen LogP contribution in [0.15, 0.2) is 84.0 Å². The van der Waals surface area contributed by atoms with Gasteiger partial charge in [-0.2, -0.15) is 0 Å². The summed E-state index contributed by atoms with van der Waals surface area (Å²) in [5.74, 6) is -1.34. The topological polar surface area (TPSA) is 113 Å². The van der Waals surface area contributed by atoms with E-state index in [-0.39, 0.29) is 37.9 Å². The van der Waals surface area contributed by atoms with Crippen LogP contribution in [0.5, 0.6) is 0 Å². The molecular weight excluding hydrogens is 580 g/mol. The Morgan fingerprint density at radius 3 is 2.57 bits per heavy atom. The summed E-state index contributed by atoms with van der Waals surface area (Å²) in [6, 6.07) is 15.0. The lowest BCUT2D eigenvalue weighted by Crippen LogP contribution is -2.48. The van der Waals surface area contributed by atoms with Gasteiger partial charge in [-0.05, 0) is 57.4 Å². The van der Waals surface area contributed by atoms with E-state index in [4.69, 9.17) is 0 Å². The van der Waals surface area contributed by atoms with E-state index in [1.807, 2.05) is 55.5 Å². The van der Waals surface area contributed by atoms with Crippen LogP contribution in [0.1, 0.15) is 58.1 Å². The molecule has 0 spiro atoms. The molecule has 46 heavy (non-hydrogen) atoms. The van der Waals surface area contributed by atoms with Crippen molar-refractivity contribution < 1.29 is 24.6 Å². The normalized spacial score (nSPS) is 19.0. The number of anilines is 2. The minimum absolute atomic E-state index is 0.0565. The molecule has 0 aliphatic carbocycles. The maximum Gasteiger partial charge on any atom is 0.264 e. The fourth-order valence-corrected chi connectivity index (χ4v) is 5.96. The highest BCUT2D eigenvalue weighted by atomic mass is 16.3. The largest absolute Gasteiger partial charge is 0.395 e. The van der Waals surface area contributed by atoms with E-state index in [9.17, 15) is 24.6 Å². The Morgan fingerprint density at radius 1 is 1.11 bits per heavy atom. The Bertz CT molecular complexity index is 1480. The van der Waals surface area contributed by atoms with Crippen LogP contribution in [0.4, 0.5) is 11.4 Å². The molecule has 2 aromatic carbocycles. The third-order valence-corrected chi connectivity index (χ3v) is 8.68. The van der Waals surface area contributed by atoms with E-state index < -0.39 is 17.4 Å². The molecule has 2 atom stereocenters. The van der Waals surface area contributed by atoms with E-state index in [2.05, 4.69) is 25.2 Å². The number of aliphatic hydroxyl groups is 2. The maximum absolute atomic E-state index is 14.1. The maximum atomic E-state index is 14.1. The molecule has 0 aromatic heterocycles. The molecule has 1 fully saturated rings. The smallest absolute Gasteiger partial charge is 0.264 e. The first-order chi connectivity index (χ1) is 22.1. The minimum atomic E-state index is -1.89. The van der Waals surface area contributed by atoms with Gasteiger partial charge in [0.25, 0.3) is 5.91 Å². The van der Waals surface area contributed by atoms with Crippen molar-refractivity contribution >= 4 is 29.1 Å². The van der Waals surface area contributed by atoms with E-state index in [0.717, 1.165) is 24.0 Å². The van der Waals surface area contributed by atoms with E-state index in [1.54, 1.807) is 39.8 Å². The number of benzene rings is 2. The standard InChI is InChI=1S/C37H48N4O5/c1-27(2)10-8-11-28(3)18-20-41-33-17-16-31(40-21-19-38-25-35(40)44)24-32(33)37(46,36(41)45)29(4)12-9-15-34(43)39(22-23-42)26-30-13-6-5-7-14-30/h5-7,9-10,12-14,16-18,24,29,38,42,46H,8,11,15,19-23,25-26H2,1-4H3/b12-9+,28-18+/t29-,37+/m0/s1. The van der Waals surface area contributed by atoms with Gasteiger partial charge in [0.05, 0.1) is 18.8 Å². The zero-order chi connectivity index (χ0) is 33.3. The molecule has 0 saturated carbocycles. The summed E-state index contributed by atoms with van der Waals surface area (Å²) < 4.78 is 0. The van der Waals surface area contributed by atoms with Crippen molar-refractivity contribution in [2.24, 2.45) is 5.92 Å². The molecule has 2 aliphatic rings. The average molecular weight is 629 g/mol. The number of carbonyl (C=O) groups excluding carboxylic acids is 3. The predicted octanol–water partition coefficient (Wildman–Crippen LogP) is 4.45. The van der Waals surface area contributed by atoms with Crippen LogP contribution in [-0.2, 0) is 26.5 Å². The molecule has 2 heterocycles. The minimum Gasteiger partial charge on any atom is -0.395 e. The molecule has 1 saturated heterocycles. The van der Waals surface area contributed by atoms with Gasteiger partial charge in [0.15, 0.2) is 5.60 Å². The van der Waals surface area contributed by atoms with E-state index in [1.165, 1.54) is 5.57 Å². The van der Waals surface area contributed by atoms with E-state index >= 15 is 0 Å². The fraction of sp³-hybridized carbons (Fsp3) is 0.432. The first kappa shape index (κ1) is 34.8. The van der Waals surface area contributed by atoms with Gasteiger partial charge in [-0.15, -0.1) is 0 Å². The molecule has 0 unspecified atom stereocenters. The number of piperazine rings is 1. The Labute approximate surface area is 272 Å². The lowest BCUT2D eigenvalue weighted by atomic mass is 9.82. The second-order valence-electron chi connectivity index (χ2n) is 12.4. The summed E-state index contributed by atoms with van der Waals surface area (Å²) in [5.41, 5.74) is 3.19. The van der Waals surface area contributed by atoms with Crippen molar-refractivity contribution in [1.29, 1.82) is 0 Å². The third-order valence-electron chi connectivity index (χ3n) is 8.68. The number of hydrogen-bond donors (Lipinski definition) is 3. The van der Waals surface area contributed by atoms with Crippen molar-refractivity contribution in [3.63, 3.8) is 0 Å². The molecule has 3 amide bonds. The molecule has 3 N–H and O–H groups in total. The number of nitrogens with one attached hydrogen (secondary N) is 1. The monoisotopic (exact) mass is 628 g/mol. The zero-order valence-electron chi connectivity index (χ0n) is 27.5. The molecule has 9 heteroatoms. The SMILES string of the molecule is CC(C)=CCC/C(C)=C/CN1C(=O)[C@@](O)([C@@H](C)/C=C/CC(=O)N(CCO)Cc2ccccc2)c2cc(N3CCNCC3=O)ccc21. The Morgan fingerprint density at radius 2 is 1.87 bits per heavy atom. The van der Waals surface area contributed by atoms with Gasteiger partial charge < -0.3 is 30.2 Å². The number of carbonyl (C=O) groups is 3. The number of rotatable bonds is 14. The number of hydrogen-bond acceptors (Lipinski definition) is 6. The highest BCUT2D eigenvalue weighted by Crippen LogP contribution is 2.46. The van der Waals surface area contributed by atoms with Gasteiger partial charge in [0, 0.05) is 56.3 Å². The highest BCUT2D eigenvalue weighted by Gasteiger charge is 2.52. The van der Waals surface area contributed by atoms with Crippen molar-refractivity contribution in [2.75, 3.05) is 49.1 Å². The number of amides is 3. The molecule has 2 aromatic rings. The average Bonchev–Trinajstić information content (AvgIpc) is 3.26. The summed E-state index contributed by atoms with van der Waals surface area (Å²) in [7, 11) is 0. The van der Waals surface area contributed by atoms with Crippen molar-refractivity contribution in [1.82, 2.24) is 10.2 Å². The summed E-state index contributed by atoms with van der Waals surface area (Å²) in [5, 5.41) is 24.9. The van der Waals surface area contributed by atoms with Crippen LogP contribution in [-0.4, -0.2) is 72.2 Å². The molecule has 0 radical (unpaired) electrons. The quantitative estimate of drug-likeness (QED) is 0.267.